The van der Waals surface area contributed by atoms with Crippen molar-refractivity contribution in [2.75, 3.05) is 6.61 Å². The summed E-state index contributed by atoms with van der Waals surface area (Å²) < 4.78 is 27.6. The molecule has 1 aliphatic rings. The van der Waals surface area contributed by atoms with Crippen molar-refractivity contribution in [2.45, 2.75) is 161 Å². The van der Waals surface area contributed by atoms with Crippen molar-refractivity contribution in [3.05, 3.63) is 0 Å². The molecule has 1 rings (SSSR count). The van der Waals surface area contributed by atoms with Crippen LogP contribution in [-0.4, -0.2) is 62.3 Å². The minimum Gasteiger partial charge on any atom is -0.414 e. The summed E-state index contributed by atoms with van der Waals surface area (Å²) in [5.41, 5.74) is 0. The maximum atomic E-state index is 11.5. The van der Waals surface area contributed by atoms with Gasteiger partial charge in [0.05, 0.1) is 24.9 Å². The summed E-state index contributed by atoms with van der Waals surface area (Å²) in [4.78, 5) is 11.5. The lowest BCUT2D eigenvalue weighted by molar-refractivity contribution is -0.184. The SMILES string of the molecule is C[C@@H](CC=O)[C@@H]1O[C@H](CO[Si](C)(C)C(C)(C)C)[C@H](O[Si](C)(C)C(C)(C)C)C[C@@H]1O[Si](C)(C)C(C)(C)C. The summed E-state index contributed by atoms with van der Waals surface area (Å²) in [5.74, 6) is 0.0708. The van der Waals surface area contributed by atoms with Crippen molar-refractivity contribution in [1.82, 2.24) is 0 Å². The Morgan fingerprint density at radius 2 is 1.19 bits per heavy atom. The van der Waals surface area contributed by atoms with Crippen LogP contribution in [0, 0.1) is 5.92 Å². The van der Waals surface area contributed by atoms with Crippen LogP contribution in [0.3, 0.4) is 0 Å². The number of hydrogen-bond acceptors (Lipinski definition) is 5. The standard InChI is InChI=1S/C28H60O5Si3/c1-21(17-18-29)25-23(33-36(15,16)28(8,9)10)19-22(32-35(13,14)27(5,6)7)24(31-25)20-30-34(11,12)26(2,3)4/h18,21-25H,17,19-20H2,1-16H3/t21-,22+,23-,24+,25-/m0/s1. The molecule has 0 aromatic carbocycles. The third kappa shape index (κ3) is 8.58. The molecule has 0 aliphatic carbocycles. The summed E-state index contributed by atoms with van der Waals surface area (Å²) in [7, 11) is -6.08. The fraction of sp³-hybridized carbons (Fsp3) is 0.964. The van der Waals surface area contributed by atoms with Gasteiger partial charge in [0.2, 0.25) is 0 Å². The summed E-state index contributed by atoms with van der Waals surface area (Å²) in [5, 5.41) is 0.300. The van der Waals surface area contributed by atoms with Crippen LogP contribution < -0.4 is 0 Å². The highest BCUT2D eigenvalue weighted by atomic mass is 28.4. The maximum Gasteiger partial charge on any atom is 0.192 e. The Morgan fingerprint density at radius 3 is 1.58 bits per heavy atom. The van der Waals surface area contributed by atoms with Gasteiger partial charge >= 0.3 is 0 Å². The van der Waals surface area contributed by atoms with Crippen LogP contribution >= 0.6 is 0 Å². The Kier molecular flexibility index (Phi) is 11.1. The van der Waals surface area contributed by atoms with Crippen LogP contribution in [-0.2, 0) is 22.8 Å². The Labute approximate surface area is 227 Å². The van der Waals surface area contributed by atoms with Gasteiger partial charge in [-0.15, -0.1) is 0 Å². The minimum absolute atomic E-state index is 0.0708. The van der Waals surface area contributed by atoms with Crippen LogP contribution in [0.15, 0.2) is 0 Å². The van der Waals surface area contributed by atoms with Crippen molar-refractivity contribution in [1.29, 1.82) is 0 Å². The van der Waals surface area contributed by atoms with E-state index in [0.29, 0.717) is 13.0 Å². The molecule has 0 radical (unpaired) electrons. The fourth-order valence-corrected chi connectivity index (χ4v) is 7.39. The van der Waals surface area contributed by atoms with Crippen molar-refractivity contribution < 1.29 is 22.8 Å². The van der Waals surface area contributed by atoms with E-state index in [0.717, 1.165) is 12.7 Å². The molecule has 0 saturated carbocycles. The number of rotatable bonds is 10. The number of ether oxygens (including phenoxy) is 1. The Balaban J connectivity index is 3.40. The summed E-state index contributed by atoms with van der Waals surface area (Å²) in [6.07, 6.45) is 1.73. The minimum atomic E-state index is -2.06. The first kappa shape index (κ1) is 34.2. The molecule has 5 nitrogen and oxygen atoms in total. The summed E-state index contributed by atoms with van der Waals surface area (Å²) in [6.45, 7) is 36.9. The molecule has 0 N–H and O–H groups in total. The smallest absolute Gasteiger partial charge is 0.192 e. The third-order valence-electron chi connectivity index (χ3n) is 9.53. The number of carbonyl (C=O) groups is 1. The quantitative estimate of drug-likeness (QED) is 0.199. The molecule has 0 spiro atoms. The van der Waals surface area contributed by atoms with Gasteiger partial charge in [-0.25, -0.2) is 0 Å². The van der Waals surface area contributed by atoms with Crippen LogP contribution in [0.25, 0.3) is 0 Å². The predicted octanol–water partition coefficient (Wildman–Crippen LogP) is 8.17. The van der Waals surface area contributed by atoms with Crippen molar-refractivity contribution >= 4 is 31.2 Å². The van der Waals surface area contributed by atoms with E-state index in [1.807, 2.05) is 0 Å². The molecule has 8 heteroatoms. The van der Waals surface area contributed by atoms with Crippen molar-refractivity contribution in [3.63, 3.8) is 0 Å². The molecule has 0 aromatic rings. The van der Waals surface area contributed by atoms with Gasteiger partial charge in [0.25, 0.3) is 0 Å². The molecule has 1 heterocycles. The van der Waals surface area contributed by atoms with Crippen LogP contribution in [0.5, 0.6) is 0 Å². The highest BCUT2D eigenvalue weighted by molar-refractivity contribution is 6.75. The Hall–Kier alpha value is 0.161. The normalized spacial score (nSPS) is 26.1. The van der Waals surface area contributed by atoms with Gasteiger partial charge < -0.3 is 22.8 Å². The molecule has 5 atom stereocenters. The van der Waals surface area contributed by atoms with E-state index in [1.54, 1.807) is 0 Å². The van der Waals surface area contributed by atoms with E-state index in [4.69, 9.17) is 18.0 Å². The Bertz CT molecular complexity index is 716. The zero-order chi connectivity index (χ0) is 28.5. The summed E-state index contributed by atoms with van der Waals surface area (Å²) in [6, 6.07) is 0. The van der Waals surface area contributed by atoms with E-state index in [9.17, 15) is 4.79 Å². The third-order valence-corrected chi connectivity index (χ3v) is 23.0. The predicted molar refractivity (Wildman–Crippen MR) is 160 cm³/mol. The fourth-order valence-electron chi connectivity index (χ4n) is 3.68. The lowest BCUT2D eigenvalue weighted by atomic mass is 9.89. The molecule has 214 valence electrons. The van der Waals surface area contributed by atoms with E-state index in [2.05, 4.69) is 109 Å². The van der Waals surface area contributed by atoms with Gasteiger partial charge in [0, 0.05) is 12.8 Å². The largest absolute Gasteiger partial charge is 0.414 e. The molecule has 1 saturated heterocycles. The van der Waals surface area contributed by atoms with Crippen molar-refractivity contribution in [3.8, 4) is 0 Å². The maximum absolute atomic E-state index is 11.5. The molecule has 0 bridgehead atoms. The molecule has 0 unspecified atom stereocenters. The molecule has 0 aromatic heterocycles. The lowest BCUT2D eigenvalue weighted by Gasteiger charge is -2.51. The zero-order valence-electron chi connectivity index (χ0n) is 26.6. The van der Waals surface area contributed by atoms with Crippen LogP contribution in [0.2, 0.25) is 54.4 Å². The van der Waals surface area contributed by atoms with Gasteiger partial charge in [-0.05, 0) is 60.3 Å². The van der Waals surface area contributed by atoms with E-state index >= 15 is 0 Å². The van der Waals surface area contributed by atoms with E-state index in [1.165, 1.54) is 0 Å². The highest BCUT2D eigenvalue weighted by Gasteiger charge is 2.50. The molecule has 1 fully saturated rings. The van der Waals surface area contributed by atoms with Gasteiger partial charge in [-0.3, -0.25) is 0 Å². The van der Waals surface area contributed by atoms with Crippen molar-refractivity contribution in [2.24, 2.45) is 5.92 Å². The lowest BCUT2D eigenvalue weighted by Crippen LogP contribution is -2.60. The molecule has 1 aliphatic heterocycles. The van der Waals surface area contributed by atoms with Crippen LogP contribution in [0.4, 0.5) is 0 Å². The average Bonchev–Trinajstić information content (AvgIpc) is 2.64. The zero-order valence-corrected chi connectivity index (χ0v) is 29.6. The highest BCUT2D eigenvalue weighted by Crippen LogP contribution is 2.44. The first-order valence-corrected chi connectivity index (χ1v) is 22.7. The summed E-state index contributed by atoms with van der Waals surface area (Å²) >= 11 is 0. The van der Waals surface area contributed by atoms with Gasteiger partial charge in [-0.2, -0.15) is 0 Å². The van der Waals surface area contributed by atoms with Gasteiger partial charge in [-0.1, -0.05) is 69.2 Å². The second-order valence-electron chi connectivity index (χ2n) is 15.7. The first-order valence-electron chi connectivity index (χ1n) is 13.9. The number of aldehydes is 1. The molecule has 36 heavy (non-hydrogen) atoms. The second-order valence-corrected chi connectivity index (χ2v) is 30.0. The van der Waals surface area contributed by atoms with E-state index < -0.39 is 25.0 Å². The number of hydrogen-bond donors (Lipinski definition) is 0. The molecular weight excluding hydrogens is 501 g/mol. The second kappa shape index (κ2) is 11.7. The monoisotopic (exact) mass is 560 g/mol. The Morgan fingerprint density at radius 1 is 0.778 bits per heavy atom. The van der Waals surface area contributed by atoms with Gasteiger partial charge in [0.15, 0.2) is 25.0 Å². The van der Waals surface area contributed by atoms with E-state index in [-0.39, 0.29) is 45.4 Å². The first-order chi connectivity index (χ1) is 15.9. The number of carbonyl (C=O) groups excluding carboxylic acids is 1. The molecule has 0 amide bonds. The topological polar surface area (TPSA) is 54.0 Å². The molecular formula is C28H60O5Si3. The van der Waals surface area contributed by atoms with Gasteiger partial charge in [0.1, 0.15) is 12.4 Å². The van der Waals surface area contributed by atoms with Crippen LogP contribution in [0.1, 0.15) is 82.1 Å². The average molecular weight is 561 g/mol.